The van der Waals surface area contributed by atoms with Gasteiger partial charge >= 0.3 is 29.6 Å². The molecule has 0 aromatic carbocycles. The Bertz CT molecular complexity index is 347. The third-order valence-corrected chi connectivity index (χ3v) is 4.98. The summed E-state index contributed by atoms with van der Waals surface area (Å²) in [6, 6.07) is -0.986. The van der Waals surface area contributed by atoms with Gasteiger partial charge in [-0.05, 0) is 24.9 Å². The van der Waals surface area contributed by atoms with Crippen LogP contribution >= 0.6 is 11.8 Å². The van der Waals surface area contributed by atoms with Crippen molar-refractivity contribution in [3.63, 3.8) is 0 Å². The maximum Gasteiger partial charge on any atom is 1.00 e. The zero-order chi connectivity index (χ0) is 12.2. The zero-order valence-corrected chi connectivity index (χ0v) is 13.8. The Morgan fingerprint density at radius 3 is 2.65 bits per heavy atom. The van der Waals surface area contributed by atoms with Crippen LogP contribution in [-0.4, -0.2) is 50.0 Å². The Morgan fingerprint density at radius 2 is 2.24 bits per heavy atom. The number of carbonyl (C=O) groups excluding carboxylic acids is 1. The molecule has 0 bridgehead atoms. The number of thioether (sulfide) groups is 1. The van der Waals surface area contributed by atoms with Gasteiger partial charge in [-0.25, -0.2) is 8.42 Å². The molecule has 1 N–H and O–H groups in total. The molecule has 0 aromatic heterocycles. The fraction of sp³-hybridized carbons (Fsp3) is 0.889. The van der Waals surface area contributed by atoms with Gasteiger partial charge in [0.15, 0.2) is 9.84 Å². The van der Waals surface area contributed by atoms with Gasteiger partial charge in [0.05, 0.1) is 17.5 Å². The molecule has 1 fully saturated rings. The molecule has 0 radical (unpaired) electrons. The van der Waals surface area contributed by atoms with Crippen LogP contribution < -0.4 is 40.0 Å². The molecular weight excluding hydrogens is 273 g/mol. The van der Waals surface area contributed by atoms with Crippen LogP contribution in [0.5, 0.6) is 0 Å². The van der Waals surface area contributed by atoms with Crippen molar-refractivity contribution in [2.24, 2.45) is 0 Å². The Hall–Kier alpha value is 0.730. The van der Waals surface area contributed by atoms with E-state index < -0.39 is 21.8 Å². The summed E-state index contributed by atoms with van der Waals surface area (Å²) in [5.41, 5.74) is 0. The van der Waals surface area contributed by atoms with Crippen LogP contribution in [0.3, 0.4) is 0 Å². The van der Waals surface area contributed by atoms with E-state index in [0.29, 0.717) is 18.6 Å². The summed E-state index contributed by atoms with van der Waals surface area (Å²) < 4.78 is 22.4. The Labute approximate surface area is 128 Å². The van der Waals surface area contributed by atoms with Crippen molar-refractivity contribution in [2.75, 3.05) is 23.5 Å². The van der Waals surface area contributed by atoms with E-state index >= 15 is 0 Å². The summed E-state index contributed by atoms with van der Waals surface area (Å²) in [7, 11) is -2.97. The molecule has 8 heteroatoms. The minimum absolute atomic E-state index is 0. The number of carbonyl (C=O) groups is 1. The summed E-state index contributed by atoms with van der Waals surface area (Å²) in [5.74, 6) is -0.257. The normalized spacial score (nSPS) is 23.9. The van der Waals surface area contributed by atoms with E-state index in [1.165, 1.54) is 0 Å². The minimum atomic E-state index is -2.97. The van der Waals surface area contributed by atoms with Gasteiger partial charge in [0.1, 0.15) is 0 Å². The van der Waals surface area contributed by atoms with Gasteiger partial charge in [-0.1, -0.05) is 0 Å². The van der Waals surface area contributed by atoms with E-state index in [2.05, 4.69) is 5.32 Å². The number of carboxylic acids is 1. The molecule has 1 heterocycles. The molecular formula is C9H16NNaO4S2. The predicted octanol–water partition coefficient (Wildman–Crippen LogP) is -4.36. The molecule has 0 aliphatic carbocycles. The van der Waals surface area contributed by atoms with Gasteiger partial charge in [-0.15, -0.1) is 0 Å². The second-order valence-electron chi connectivity index (χ2n) is 3.92. The van der Waals surface area contributed by atoms with Crippen molar-refractivity contribution < 1.29 is 47.9 Å². The summed E-state index contributed by atoms with van der Waals surface area (Å²) in [5, 5.41) is 13.7. The van der Waals surface area contributed by atoms with Crippen molar-refractivity contribution in [3.05, 3.63) is 0 Å². The van der Waals surface area contributed by atoms with Crippen LogP contribution in [0.2, 0.25) is 0 Å². The number of nitrogens with one attached hydrogen (secondary N) is 1. The van der Waals surface area contributed by atoms with Gasteiger partial charge in [-0.3, -0.25) is 0 Å². The Kier molecular flexibility index (Phi) is 8.36. The predicted molar refractivity (Wildman–Crippen MR) is 62.0 cm³/mol. The fourth-order valence-electron chi connectivity index (χ4n) is 1.72. The first kappa shape index (κ1) is 17.7. The van der Waals surface area contributed by atoms with E-state index in [1.54, 1.807) is 11.8 Å². The van der Waals surface area contributed by atoms with Crippen molar-refractivity contribution >= 4 is 27.6 Å². The Balaban J connectivity index is 0.00000256. The number of hydrogen-bond donors (Lipinski definition) is 1. The molecule has 94 valence electrons. The van der Waals surface area contributed by atoms with Crippen molar-refractivity contribution in [2.45, 2.75) is 24.9 Å². The zero-order valence-electron chi connectivity index (χ0n) is 10.1. The third kappa shape index (κ3) is 6.45. The van der Waals surface area contributed by atoms with Gasteiger partial charge in [0.25, 0.3) is 0 Å². The first-order valence-corrected chi connectivity index (χ1v) is 8.32. The van der Waals surface area contributed by atoms with Crippen LogP contribution in [-0.2, 0) is 14.6 Å². The molecule has 17 heavy (non-hydrogen) atoms. The molecule has 0 saturated carbocycles. The number of sulfone groups is 1. The van der Waals surface area contributed by atoms with Gasteiger partial charge in [-0.2, -0.15) is 11.8 Å². The smallest absolute Gasteiger partial charge is 0.548 e. The topological polar surface area (TPSA) is 86.3 Å². The third-order valence-electron chi connectivity index (χ3n) is 2.56. The van der Waals surface area contributed by atoms with Crippen LogP contribution in [0.25, 0.3) is 0 Å². The van der Waals surface area contributed by atoms with Gasteiger partial charge in [0.2, 0.25) is 0 Å². The number of carboxylic acid groups (broad SMARTS) is 1. The van der Waals surface area contributed by atoms with Crippen LogP contribution in [0.15, 0.2) is 0 Å². The van der Waals surface area contributed by atoms with Crippen LogP contribution in [0, 0.1) is 0 Å². The quantitative estimate of drug-likeness (QED) is 0.497. The first-order chi connectivity index (χ1) is 7.44. The SMILES string of the molecule is CSCC[C@H](NC1CCS(=O)(=O)C1)C(=O)[O-].[Na+]. The number of hydrogen-bond acceptors (Lipinski definition) is 6. The molecule has 0 aromatic rings. The largest absolute Gasteiger partial charge is 1.00 e. The summed E-state index contributed by atoms with van der Waals surface area (Å²) in [4.78, 5) is 10.8. The number of aliphatic carboxylic acids is 1. The number of rotatable bonds is 6. The van der Waals surface area contributed by atoms with Crippen molar-refractivity contribution in [3.8, 4) is 0 Å². The fourth-order valence-corrected chi connectivity index (χ4v) is 3.87. The van der Waals surface area contributed by atoms with Crippen LogP contribution in [0.4, 0.5) is 0 Å². The average molecular weight is 289 g/mol. The summed E-state index contributed by atoms with van der Waals surface area (Å²) in [6.45, 7) is 0. The molecule has 5 nitrogen and oxygen atoms in total. The van der Waals surface area contributed by atoms with Crippen molar-refractivity contribution in [1.82, 2.24) is 5.32 Å². The molecule has 0 spiro atoms. The monoisotopic (exact) mass is 289 g/mol. The second-order valence-corrected chi connectivity index (χ2v) is 7.13. The molecule has 1 saturated heterocycles. The summed E-state index contributed by atoms with van der Waals surface area (Å²) >= 11 is 1.56. The molecule has 1 rings (SSSR count). The standard InChI is InChI=1S/C9H17NO4S2.Na/c1-15-4-2-8(9(11)12)10-7-3-5-16(13,14)6-7;/h7-8,10H,2-6H2,1H3,(H,11,12);/q;+1/p-1/t7?,8-;/m0./s1. The second kappa shape index (κ2) is 8.01. The molecule has 0 amide bonds. The summed E-state index contributed by atoms with van der Waals surface area (Å²) in [6.07, 6.45) is 2.85. The minimum Gasteiger partial charge on any atom is -0.548 e. The maximum absolute atomic E-state index is 11.2. The molecule has 1 aliphatic heterocycles. The molecule has 1 aliphatic rings. The van der Waals surface area contributed by atoms with Crippen LogP contribution in [0.1, 0.15) is 12.8 Å². The Morgan fingerprint density at radius 1 is 1.59 bits per heavy atom. The van der Waals surface area contributed by atoms with Gasteiger partial charge < -0.3 is 15.2 Å². The average Bonchev–Trinajstić information content (AvgIpc) is 2.52. The van der Waals surface area contributed by atoms with E-state index in [9.17, 15) is 18.3 Å². The van der Waals surface area contributed by atoms with Gasteiger partial charge in [0, 0.05) is 12.1 Å². The van der Waals surface area contributed by atoms with Crippen molar-refractivity contribution in [1.29, 1.82) is 0 Å². The molecule has 2 atom stereocenters. The van der Waals surface area contributed by atoms with E-state index in [-0.39, 0.29) is 47.1 Å². The first-order valence-electron chi connectivity index (χ1n) is 5.11. The van der Waals surface area contributed by atoms with E-state index in [1.807, 2.05) is 6.26 Å². The molecule has 1 unspecified atom stereocenters. The maximum atomic E-state index is 11.2. The van der Waals surface area contributed by atoms with E-state index in [0.717, 1.165) is 0 Å². The van der Waals surface area contributed by atoms with E-state index in [4.69, 9.17) is 0 Å².